The van der Waals surface area contributed by atoms with E-state index in [9.17, 15) is 48.9 Å². The molecule has 20 nitrogen and oxygen atoms in total. The largest absolute Gasteiger partial charge is 0.508 e. The summed E-state index contributed by atoms with van der Waals surface area (Å²) in [6.07, 6.45) is 0.894. The number of hydrogen-bond donors (Lipinski definition) is 12. The molecule has 0 fully saturated rings. The van der Waals surface area contributed by atoms with E-state index in [1.54, 1.807) is 13.8 Å². The lowest BCUT2D eigenvalue weighted by Crippen LogP contribution is -2.60. The van der Waals surface area contributed by atoms with E-state index >= 15 is 0 Å². The summed E-state index contributed by atoms with van der Waals surface area (Å²) in [6, 6.07) is -0.611. The van der Waals surface area contributed by atoms with E-state index in [0.717, 1.165) is 0 Å². The molecule has 54 heavy (non-hydrogen) atoms. The number of nitrogens with two attached hydrogens (primary N) is 3. The fraction of sp³-hybridized carbons (Fsp3) is 0.588. The van der Waals surface area contributed by atoms with Gasteiger partial charge < -0.3 is 64.4 Å². The number of aromatic hydroxyl groups is 1. The van der Waals surface area contributed by atoms with Crippen LogP contribution in [-0.2, 0) is 40.0 Å². The maximum atomic E-state index is 13.4. The van der Waals surface area contributed by atoms with E-state index < -0.39 is 97.2 Å². The number of rotatable bonds is 24. The zero-order valence-electron chi connectivity index (χ0n) is 31.1. The van der Waals surface area contributed by atoms with Gasteiger partial charge >= 0.3 is 5.97 Å². The Bertz CT molecular complexity index is 1450. The smallest absolute Gasteiger partial charge is 0.326 e. The molecule has 15 N–H and O–H groups in total. The van der Waals surface area contributed by atoms with Gasteiger partial charge in [0, 0.05) is 13.0 Å². The van der Waals surface area contributed by atoms with Gasteiger partial charge in [0.25, 0.3) is 0 Å². The zero-order chi connectivity index (χ0) is 41.0. The molecule has 0 aliphatic heterocycles. The molecule has 0 aliphatic carbocycles. The monoisotopic (exact) mass is 764 g/mol. The number of carbonyl (C=O) groups excluding carboxylic acids is 6. The summed E-state index contributed by atoms with van der Waals surface area (Å²) in [6.45, 7) is 5.33. The summed E-state index contributed by atoms with van der Waals surface area (Å²) in [5.74, 6) is -6.60. The number of phenols is 1. The lowest BCUT2D eigenvalue weighted by Gasteiger charge is -2.27. The lowest BCUT2D eigenvalue weighted by atomic mass is 9.97. The van der Waals surface area contributed by atoms with E-state index in [4.69, 9.17) is 17.2 Å². The van der Waals surface area contributed by atoms with Gasteiger partial charge in [0.05, 0.1) is 25.7 Å². The van der Waals surface area contributed by atoms with Gasteiger partial charge in [0.2, 0.25) is 35.4 Å². The van der Waals surface area contributed by atoms with Gasteiger partial charge in [-0.2, -0.15) is 0 Å². The van der Waals surface area contributed by atoms with Crippen LogP contribution >= 0.6 is 0 Å². The number of carboxylic acids is 1. The van der Waals surface area contributed by atoms with Crippen molar-refractivity contribution in [3.8, 4) is 5.75 Å². The van der Waals surface area contributed by atoms with Gasteiger partial charge in [0.15, 0.2) is 5.96 Å². The first-order valence-electron chi connectivity index (χ1n) is 17.6. The van der Waals surface area contributed by atoms with Crippen LogP contribution in [0.25, 0.3) is 0 Å². The average Bonchev–Trinajstić information content (AvgIpc) is 3.11. The highest BCUT2D eigenvalue weighted by atomic mass is 16.4. The Hall–Kier alpha value is -5.50. The first-order valence-corrected chi connectivity index (χ1v) is 17.6. The first-order chi connectivity index (χ1) is 25.4. The molecule has 0 bridgehead atoms. The van der Waals surface area contributed by atoms with Crippen molar-refractivity contribution >= 4 is 47.4 Å². The third-order valence-electron chi connectivity index (χ3n) is 8.12. The fourth-order valence-electron chi connectivity index (χ4n) is 4.94. The van der Waals surface area contributed by atoms with Gasteiger partial charge in [0.1, 0.15) is 29.9 Å². The molecule has 20 heteroatoms. The molecule has 6 amide bonds. The van der Waals surface area contributed by atoms with Crippen LogP contribution < -0.4 is 49.1 Å². The van der Waals surface area contributed by atoms with Crippen LogP contribution in [0.3, 0.4) is 0 Å². The molecule has 1 rings (SSSR count). The third-order valence-corrected chi connectivity index (χ3v) is 8.12. The van der Waals surface area contributed by atoms with E-state index in [1.165, 1.54) is 24.3 Å². The van der Waals surface area contributed by atoms with Crippen molar-refractivity contribution in [2.24, 2.45) is 34.0 Å². The summed E-state index contributed by atoms with van der Waals surface area (Å²) in [4.78, 5) is 93.0. The van der Waals surface area contributed by atoms with Crippen LogP contribution in [0.2, 0.25) is 0 Å². The number of amides is 6. The van der Waals surface area contributed by atoms with Crippen molar-refractivity contribution in [3.05, 3.63) is 29.8 Å². The number of nitrogens with zero attached hydrogens (tertiary/aromatic N) is 1. The van der Waals surface area contributed by atoms with Gasteiger partial charge in [-0.05, 0) is 48.8 Å². The van der Waals surface area contributed by atoms with Gasteiger partial charge in [-0.3, -0.25) is 33.8 Å². The summed E-state index contributed by atoms with van der Waals surface area (Å²) in [7, 11) is 0. The molecule has 0 saturated heterocycles. The molecule has 0 radical (unpaired) electrons. The first kappa shape index (κ1) is 46.5. The molecular formula is C34H56N10O10. The number of aliphatic imine (C=N–C) groups is 1. The SMILES string of the molecule is CCC(C)C(NC(=O)CNC(=O)C(N)CC(C)C)C(=O)NC(CO)C(=O)NC(Cc1ccc(O)cc1)C(=O)NCC(=O)NC(CCCN=C(N)N)C(=O)O. The number of carboxylic acid groups (broad SMARTS) is 1. The Kier molecular flexibility index (Phi) is 20.6. The van der Waals surface area contributed by atoms with E-state index in [-0.39, 0.29) is 43.4 Å². The van der Waals surface area contributed by atoms with Crippen molar-refractivity contribution in [1.29, 1.82) is 0 Å². The normalized spacial score (nSPS) is 14.2. The number of guanidine groups is 1. The van der Waals surface area contributed by atoms with Crippen molar-refractivity contribution in [3.63, 3.8) is 0 Å². The van der Waals surface area contributed by atoms with Crippen LogP contribution in [-0.4, -0.2) is 119 Å². The molecule has 6 unspecified atom stereocenters. The molecular weight excluding hydrogens is 708 g/mol. The Morgan fingerprint density at radius 1 is 0.778 bits per heavy atom. The summed E-state index contributed by atoms with van der Waals surface area (Å²) < 4.78 is 0. The molecule has 6 atom stereocenters. The second kappa shape index (κ2) is 23.9. The van der Waals surface area contributed by atoms with Crippen LogP contribution in [0.15, 0.2) is 29.3 Å². The second-order valence-electron chi connectivity index (χ2n) is 13.2. The van der Waals surface area contributed by atoms with Crippen LogP contribution in [0.1, 0.15) is 58.9 Å². The maximum Gasteiger partial charge on any atom is 0.326 e. The number of aliphatic hydroxyl groups excluding tert-OH is 1. The lowest BCUT2D eigenvalue weighted by molar-refractivity contribution is -0.142. The van der Waals surface area contributed by atoms with Crippen molar-refractivity contribution in [2.75, 3.05) is 26.2 Å². The number of carbonyl (C=O) groups is 7. The Morgan fingerprint density at radius 2 is 1.35 bits per heavy atom. The van der Waals surface area contributed by atoms with E-state index in [0.29, 0.717) is 18.4 Å². The number of aliphatic carboxylic acids is 1. The fourth-order valence-corrected chi connectivity index (χ4v) is 4.94. The Labute approximate surface area is 313 Å². The van der Waals surface area contributed by atoms with Crippen LogP contribution in [0, 0.1) is 11.8 Å². The van der Waals surface area contributed by atoms with Crippen molar-refractivity contribution in [2.45, 2.75) is 90.0 Å². The average molecular weight is 765 g/mol. The van der Waals surface area contributed by atoms with Crippen LogP contribution in [0.4, 0.5) is 0 Å². The number of aliphatic hydroxyl groups is 1. The number of nitrogens with one attached hydrogen (secondary N) is 6. The molecule has 302 valence electrons. The quantitative estimate of drug-likeness (QED) is 0.0279. The maximum absolute atomic E-state index is 13.4. The Balaban J connectivity index is 3.03. The van der Waals surface area contributed by atoms with Gasteiger partial charge in [-0.25, -0.2) is 4.79 Å². The molecule has 0 aromatic heterocycles. The van der Waals surface area contributed by atoms with Crippen molar-refractivity contribution in [1.82, 2.24) is 31.9 Å². The third kappa shape index (κ3) is 17.8. The van der Waals surface area contributed by atoms with Gasteiger partial charge in [-0.1, -0.05) is 46.2 Å². The predicted octanol–water partition coefficient (Wildman–Crippen LogP) is -3.34. The molecule has 1 aromatic rings. The van der Waals surface area contributed by atoms with Crippen molar-refractivity contribution < 1.29 is 48.9 Å². The standard InChI is InChI=1S/C34H56N10O10/c1-5-19(4)28(44-27(48)16-39-29(49)22(35)13-18(2)3)32(52)43-25(17-45)31(51)42-24(14-20-8-10-21(46)11-9-20)30(50)40-15-26(47)41-23(33(53)54)7-6-12-38-34(36)37/h8-11,18-19,22-25,28,45-46H,5-7,12-17,35H2,1-4H3,(H,39,49)(H,40,50)(H,41,47)(H,42,51)(H,43,52)(H,44,48)(H,53,54)(H4,36,37,38). The molecule has 0 spiro atoms. The number of phenolic OH excluding ortho intramolecular Hbond substituents is 1. The van der Waals surface area contributed by atoms with Crippen LogP contribution in [0.5, 0.6) is 5.75 Å². The summed E-state index contributed by atoms with van der Waals surface area (Å²) in [5.41, 5.74) is 16.8. The molecule has 1 aromatic carbocycles. The highest BCUT2D eigenvalue weighted by Gasteiger charge is 2.32. The molecule has 0 heterocycles. The molecule has 0 aliphatic rings. The number of hydrogen-bond acceptors (Lipinski definition) is 11. The zero-order valence-corrected chi connectivity index (χ0v) is 31.1. The van der Waals surface area contributed by atoms with Gasteiger partial charge in [-0.15, -0.1) is 0 Å². The minimum Gasteiger partial charge on any atom is -0.508 e. The summed E-state index contributed by atoms with van der Waals surface area (Å²) >= 11 is 0. The topological polar surface area (TPSA) is 343 Å². The van der Waals surface area contributed by atoms with E-state index in [2.05, 4.69) is 36.9 Å². The van der Waals surface area contributed by atoms with E-state index in [1.807, 2.05) is 13.8 Å². The minimum absolute atomic E-state index is 0.00904. The highest BCUT2D eigenvalue weighted by Crippen LogP contribution is 2.12. The second-order valence-corrected chi connectivity index (χ2v) is 13.2. The summed E-state index contributed by atoms with van der Waals surface area (Å²) in [5, 5.41) is 43.7. The predicted molar refractivity (Wildman–Crippen MR) is 197 cm³/mol. The minimum atomic E-state index is -1.59. The molecule has 0 saturated carbocycles. The number of benzene rings is 1. The highest BCUT2D eigenvalue weighted by molar-refractivity contribution is 5.96. The Morgan fingerprint density at radius 3 is 1.89 bits per heavy atom.